The van der Waals surface area contributed by atoms with Gasteiger partial charge in [-0.3, -0.25) is 14.1 Å². The fourth-order valence-electron chi connectivity index (χ4n) is 1.18. The molecule has 0 spiro atoms. The van der Waals surface area contributed by atoms with Crippen molar-refractivity contribution in [3.05, 3.63) is 30.1 Å². The molecule has 0 fully saturated rings. The summed E-state index contributed by atoms with van der Waals surface area (Å²) in [6, 6.07) is 2.88. The Morgan fingerprint density at radius 2 is 1.76 bits per heavy atom. The van der Waals surface area contributed by atoms with E-state index < -0.39 is 26.6 Å². The summed E-state index contributed by atoms with van der Waals surface area (Å²) in [5.74, 6) is 0. The average molecular weight is 282 g/mol. The smallest absolute Gasteiger partial charge is 0.323 e. The third-order valence-corrected chi connectivity index (χ3v) is 6.09. The van der Waals surface area contributed by atoms with Crippen LogP contribution in [0.4, 0.5) is 0 Å². The molecular formula is C7H12N2O6P2. The molecule has 0 bridgehead atoms. The molecule has 0 aromatic carbocycles. The molecule has 0 aliphatic rings. The summed E-state index contributed by atoms with van der Waals surface area (Å²) >= 11 is 0. The van der Waals surface area contributed by atoms with Gasteiger partial charge in [-0.15, -0.1) is 0 Å². The van der Waals surface area contributed by atoms with Gasteiger partial charge in [0.15, 0.2) is 0 Å². The third-order valence-electron chi connectivity index (χ3n) is 2.20. The van der Waals surface area contributed by atoms with Crippen molar-refractivity contribution in [3.63, 3.8) is 0 Å². The van der Waals surface area contributed by atoms with Gasteiger partial charge in [-0.1, -0.05) is 6.07 Å². The van der Waals surface area contributed by atoms with Gasteiger partial charge in [-0.05, 0) is 11.6 Å². The van der Waals surface area contributed by atoms with E-state index in [2.05, 4.69) is 4.98 Å². The normalized spacial score (nSPS) is 13.7. The first-order valence-corrected chi connectivity index (χ1v) is 7.59. The molecule has 0 unspecified atom stereocenters. The lowest BCUT2D eigenvalue weighted by atomic mass is 10.2. The van der Waals surface area contributed by atoms with Crippen LogP contribution in [0.1, 0.15) is 5.56 Å². The lowest BCUT2D eigenvalue weighted by molar-refractivity contribution is 0.307. The molecule has 10 heteroatoms. The molecule has 17 heavy (non-hydrogen) atoms. The van der Waals surface area contributed by atoms with E-state index in [1.807, 2.05) is 0 Å². The summed E-state index contributed by atoms with van der Waals surface area (Å²) in [5, 5.41) is -2.93. The molecule has 0 aliphatic heterocycles. The van der Waals surface area contributed by atoms with Crippen molar-refractivity contribution < 1.29 is 28.7 Å². The molecule has 1 aromatic rings. The topological polar surface area (TPSA) is 154 Å². The molecule has 96 valence electrons. The van der Waals surface area contributed by atoms with E-state index in [9.17, 15) is 9.13 Å². The minimum Gasteiger partial charge on any atom is -0.323 e. The molecule has 8 nitrogen and oxygen atoms in total. The second kappa shape index (κ2) is 4.59. The Labute approximate surface area is 96.8 Å². The molecule has 0 aliphatic carbocycles. The fraction of sp³-hybridized carbons (Fsp3) is 0.286. The van der Waals surface area contributed by atoms with Crippen LogP contribution in [0, 0.1) is 0 Å². The lowest BCUT2D eigenvalue weighted by Crippen LogP contribution is -2.41. The zero-order chi connectivity index (χ0) is 13.3. The Morgan fingerprint density at radius 1 is 1.24 bits per heavy atom. The first-order valence-electron chi connectivity index (χ1n) is 4.37. The minimum absolute atomic E-state index is 0.224. The fourth-order valence-corrected chi connectivity index (χ4v) is 3.31. The first kappa shape index (κ1) is 14.5. The van der Waals surface area contributed by atoms with Gasteiger partial charge in [0.1, 0.15) is 0 Å². The van der Waals surface area contributed by atoms with Crippen LogP contribution >= 0.6 is 15.2 Å². The van der Waals surface area contributed by atoms with Gasteiger partial charge in [0.25, 0.3) is 0 Å². The Balaban J connectivity index is 3.20. The van der Waals surface area contributed by atoms with E-state index in [0.29, 0.717) is 0 Å². The van der Waals surface area contributed by atoms with E-state index in [0.717, 1.165) is 0 Å². The zero-order valence-corrected chi connectivity index (χ0v) is 10.3. The molecule has 0 saturated carbocycles. The van der Waals surface area contributed by atoms with Gasteiger partial charge in [0.05, 0.1) is 0 Å². The molecule has 1 aromatic heterocycles. The molecule has 0 amide bonds. The predicted octanol–water partition coefficient (Wildman–Crippen LogP) is -0.408. The maximum atomic E-state index is 11.2. The molecule has 0 saturated heterocycles. The largest absolute Gasteiger partial charge is 0.357 e. The number of rotatable bonds is 4. The van der Waals surface area contributed by atoms with Crippen LogP contribution in [0.15, 0.2) is 24.5 Å². The summed E-state index contributed by atoms with van der Waals surface area (Å²) in [7, 11) is -10.4. The first-order chi connectivity index (χ1) is 7.58. The number of aromatic nitrogens is 1. The van der Waals surface area contributed by atoms with Gasteiger partial charge in [-0.2, -0.15) is 0 Å². The number of pyridine rings is 1. The van der Waals surface area contributed by atoms with Crippen molar-refractivity contribution in [2.45, 2.75) is 11.4 Å². The van der Waals surface area contributed by atoms with Gasteiger partial charge in [0.2, 0.25) is 5.02 Å². The summed E-state index contributed by atoms with van der Waals surface area (Å²) in [4.78, 5) is 39.7. The van der Waals surface area contributed by atoms with Crippen molar-refractivity contribution in [2.24, 2.45) is 5.73 Å². The predicted molar refractivity (Wildman–Crippen MR) is 58.9 cm³/mol. The Bertz CT molecular complexity index is 458. The highest BCUT2D eigenvalue weighted by Gasteiger charge is 2.57. The van der Waals surface area contributed by atoms with Crippen molar-refractivity contribution in [1.82, 2.24) is 4.98 Å². The molecule has 0 atom stereocenters. The van der Waals surface area contributed by atoms with Crippen molar-refractivity contribution in [2.75, 3.05) is 0 Å². The minimum atomic E-state index is -5.19. The van der Waals surface area contributed by atoms with Crippen LogP contribution in [-0.2, 0) is 15.6 Å². The molecular weight excluding hydrogens is 270 g/mol. The Kier molecular flexibility index (Phi) is 3.91. The molecule has 1 heterocycles. The summed E-state index contributed by atoms with van der Waals surface area (Å²) in [5.41, 5.74) is 5.45. The highest BCUT2D eigenvalue weighted by atomic mass is 31.2. The second-order valence-corrected chi connectivity index (χ2v) is 7.63. The Hall–Kier alpha value is -0.590. The van der Waals surface area contributed by atoms with Crippen LogP contribution in [0.25, 0.3) is 0 Å². The second-order valence-electron chi connectivity index (χ2n) is 3.50. The highest BCUT2D eigenvalue weighted by molar-refractivity contribution is 7.72. The van der Waals surface area contributed by atoms with Crippen molar-refractivity contribution in [1.29, 1.82) is 0 Å². The van der Waals surface area contributed by atoms with Crippen LogP contribution in [0.3, 0.4) is 0 Å². The van der Waals surface area contributed by atoms with Gasteiger partial charge < -0.3 is 25.3 Å². The quantitative estimate of drug-likeness (QED) is 0.467. The summed E-state index contributed by atoms with van der Waals surface area (Å²) < 4.78 is 22.3. The number of hydrogen-bond acceptors (Lipinski definition) is 4. The van der Waals surface area contributed by atoms with Gasteiger partial charge in [0, 0.05) is 18.8 Å². The maximum Gasteiger partial charge on any atom is 0.357 e. The van der Waals surface area contributed by atoms with Crippen LogP contribution in [0.5, 0.6) is 0 Å². The molecule has 6 N–H and O–H groups in total. The number of hydrogen-bond donors (Lipinski definition) is 5. The van der Waals surface area contributed by atoms with Crippen molar-refractivity contribution >= 4 is 15.2 Å². The van der Waals surface area contributed by atoms with E-state index in [1.54, 1.807) is 0 Å². The third kappa shape index (κ3) is 3.00. The SMILES string of the molecule is NC(Cc1cccnc1)(P(=O)(O)O)P(=O)(O)O. The summed E-state index contributed by atoms with van der Waals surface area (Å²) in [6.45, 7) is 0. The van der Waals surface area contributed by atoms with E-state index in [1.165, 1.54) is 24.5 Å². The lowest BCUT2D eigenvalue weighted by Gasteiger charge is -2.30. The van der Waals surface area contributed by atoms with Crippen LogP contribution < -0.4 is 5.73 Å². The van der Waals surface area contributed by atoms with E-state index >= 15 is 0 Å². The highest BCUT2D eigenvalue weighted by Crippen LogP contribution is 2.66. The van der Waals surface area contributed by atoms with E-state index in [4.69, 9.17) is 25.3 Å². The average Bonchev–Trinajstić information content (AvgIpc) is 2.15. The standard InChI is InChI=1S/C7H12N2O6P2/c8-7(16(10,11)12,17(13,14)15)4-6-2-1-3-9-5-6/h1-3,5H,4,8H2,(H2,10,11,12)(H2,13,14,15). The zero-order valence-electron chi connectivity index (χ0n) is 8.54. The molecule has 0 radical (unpaired) electrons. The summed E-state index contributed by atoms with van der Waals surface area (Å²) in [6.07, 6.45) is 1.97. The van der Waals surface area contributed by atoms with E-state index in [-0.39, 0.29) is 5.56 Å². The van der Waals surface area contributed by atoms with Crippen molar-refractivity contribution in [3.8, 4) is 0 Å². The van der Waals surface area contributed by atoms with Gasteiger partial charge >= 0.3 is 15.2 Å². The monoisotopic (exact) mass is 282 g/mol. The van der Waals surface area contributed by atoms with Crippen LogP contribution in [0.2, 0.25) is 0 Å². The van der Waals surface area contributed by atoms with Gasteiger partial charge in [-0.25, -0.2) is 0 Å². The number of nitrogens with two attached hydrogens (primary N) is 1. The molecule has 1 rings (SSSR count). The van der Waals surface area contributed by atoms with Crippen LogP contribution in [-0.4, -0.2) is 29.6 Å². The number of nitrogens with zero attached hydrogens (tertiary/aromatic N) is 1. The Morgan fingerprint density at radius 3 is 2.12 bits per heavy atom. The maximum absolute atomic E-state index is 11.2.